The highest BCUT2D eigenvalue weighted by molar-refractivity contribution is 5.90. The quantitative estimate of drug-likeness (QED) is 0.910. The first-order chi connectivity index (χ1) is 10.3. The lowest BCUT2D eigenvalue weighted by molar-refractivity contribution is -0.117. The summed E-state index contributed by atoms with van der Waals surface area (Å²) >= 11 is 0. The first kappa shape index (κ1) is 16.5. The number of nitrogens with one attached hydrogen (secondary N) is 2. The Labute approximate surface area is 136 Å². The van der Waals surface area contributed by atoms with E-state index in [0.29, 0.717) is 12.3 Å². The molecule has 5 nitrogen and oxygen atoms in total. The molecule has 2 N–H and O–H groups in total. The summed E-state index contributed by atoms with van der Waals surface area (Å²) in [5.74, 6) is 0.614. The van der Waals surface area contributed by atoms with Gasteiger partial charge in [0.25, 0.3) is 0 Å². The first-order valence-corrected chi connectivity index (χ1v) is 7.42. The van der Waals surface area contributed by atoms with Crippen LogP contribution in [0.2, 0.25) is 0 Å². The molecule has 118 valence electrons. The van der Waals surface area contributed by atoms with Crippen LogP contribution in [0.1, 0.15) is 19.3 Å². The van der Waals surface area contributed by atoms with Gasteiger partial charge >= 0.3 is 0 Å². The molecule has 1 amide bonds. The number of aromatic nitrogens is 2. The Bertz CT molecular complexity index is 577. The molecule has 0 spiro atoms. The summed E-state index contributed by atoms with van der Waals surface area (Å²) in [6, 6.07) is 9.61. The second kappa shape index (κ2) is 7.96. The van der Waals surface area contributed by atoms with Gasteiger partial charge in [-0.3, -0.25) is 4.79 Å². The summed E-state index contributed by atoms with van der Waals surface area (Å²) in [5, 5.41) is 10.5. The number of hydrogen-bond donors (Lipinski definition) is 2. The smallest absolute Gasteiger partial charge is 0.224 e. The van der Waals surface area contributed by atoms with Crippen LogP contribution in [0.5, 0.6) is 0 Å². The van der Waals surface area contributed by atoms with Gasteiger partial charge in [0.2, 0.25) is 5.91 Å². The summed E-state index contributed by atoms with van der Waals surface area (Å²) in [6.07, 6.45) is 6.43. The summed E-state index contributed by atoms with van der Waals surface area (Å²) in [4.78, 5) is 12.0. The molecule has 6 heteroatoms. The predicted molar refractivity (Wildman–Crippen MR) is 89.7 cm³/mol. The summed E-state index contributed by atoms with van der Waals surface area (Å²) in [6.45, 7) is 2.05. The molecule has 1 aromatic heterocycles. The molecule has 0 aliphatic carbocycles. The molecular formula is C16H21ClN4O. The number of carbonyl (C=O) groups excluding carboxylic acids is 1. The van der Waals surface area contributed by atoms with Crippen molar-refractivity contribution in [2.75, 3.05) is 18.4 Å². The minimum absolute atomic E-state index is 0. The van der Waals surface area contributed by atoms with E-state index >= 15 is 0 Å². The molecule has 1 aromatic carbocycles. The summed E-state index contributed by atoms with van der Waals surface area (Å²) in [7, 11) is 0. The van der Waals surface area contributed by atoms with Gasteiger partial charge in [0.05, 0.1) is 5.69 Å². The average molecular weight is 321 g/mol. The van der Waals surface area contributed by atoms with Crippen LogP contribution in [0.3, 0.4) is 0 Å². The molecule has 0 bridgehead atoms. The van der Waals surface area contributed by atoms with Crippen molar-refractivity contribution in [3.8, 4) is 5.69 Å². The lowest BCUT2D eigenvalue weighted by Crippen LogP contribution is -2.30. The molecule has 0 radical (unpaired) electrons. The molecule has 3 rings (SSSR count). The third-order valence-corrected chi connectivity index (χ3v) is 3.85. The van der Waals surface area contributed by atoms with E-state index in [9.17, 15) is 4.79 Å². The number of amides is 1. The van der Waals surface area contributed by atoms with Gasteiger partial charge in [-0.05, 0) is 62.2 Å². The maximum atomic E-state index is 12.0. The van der Waals surface area contributed by atoms with Gasteiger partial charge < -0.3 is 10.6 Å². The molecule has 2 heterocycles. The van der Waals surface area contributed by atoms with E-state index in [1.807, 2.05) is 36.5 Å². The minimum atomic E-state index is 0. The number of anilines is 1. The molecule has 2 aromatic rings. The Morgan fingerprint density at radius 3 is 2.64 bits per heavy atom. The van der Waals surface area contributed by atoms with E-state index in [2.05, 4.69) is 15.7 Å². The fraction of sp³-hybridized carbons (Fsp3) is 0.375. The second-order valence-corrected chi connectivity index (χ2v) is 5.44. The van der Waals surface area contributed by atoms with Crippen molar-refractivity contribution < 1.29 is 4.79 Å². The van der Waals surface area contributed by atoms with E-state index < -0.39 is 0 Å². The molecule has 0 atom stereocenters. The van der Waals surface area contributed by atoms with Gasteiger partial charge in [-0.15, -0.1) is 12.4 Å². The third kappa shape index (κ3) is 4.32. The van der Waals surface area contributed by atoms with E-state index in [0.717, 1.165) is 37.3 Å². The Morgan fingerprint density at radius 2 is 2.00 bits per heavy atom. The van der Waals surface area contributed by atoms with Gasteiger partial charge in [0, 0.05) is 24.5 Å². The molecule has 0 saturated carbocycles. The standard InChI is InChI=1S/C16H20N4O.ClH/c21-16(12-13-6-9-17-10-7-13)19-14-2-4-15(5-3-14)20-11-1-8-18-20;/h1-5,8,11,13,17H,6-7,9-10,12H2,(H,19,21);1H. The van der Waals surface area contributed by atoms with Gasteiger partial charge in [0.1, 0.15) is 0 Å². The zero-order chi connectivity index (χ0) is 14.5. The SMILES string of the molecule is Cl.O=C(CC1CCNCC1)Nc1ccc(-n2cccn2)cc1. The Hall–Kier alpha value is -1.85. The highest BCUT2D eigenvalue weighted by atomic mass is 35.5. The van der Waals surface area contributed by atoms with Crippen molar-refractivity contribution in [3.05, 3.63) is 42.7 Å². The molecular weight excluding hydrogens is 300 g/mol. The average Bonchev–Trinajstić information content (AvgIpc) is 3.03. The van der Waals surface area contributed by atoms with E-state index in [1.165, 1.54) is 0 Å². The molecule has 22 heavy (non-hydrogen) atoms. The number of rotatable bonds is 4. The zero-order valence-corrected chi connectivity index (χ0v) is 13.2. The van der Waals surface area contributed by atoms with Crippen LogP contribution in [0.15, 0.2) is 42.7 Å². The van der Waals surface area contributed by atoms with Gasteiger partial charge in [-0.2, -0.15) is 5.10 Å². The number of halogens is 1. The number of piperidine rings is 1. The van der Waals surface area contributed by atoms with Crippen molar-refractivity contribution in [2.45, 2.75) is 19.3 Å². The van der Waals surface area contributed by atoms with Crippen LogP contribution in [-0.4, -0.2) is 28.8 Å². The number of hydrogen-bond acceptors (Lipinski definition) is 3. The summed E-state index contributed by atoms with van der Waals surface area (Å²) in [5.41, 5.74) is 1.82. The maximum absolute atomic E-state index is 12.0. The van der Waals surface area contributed by atoms with Crippen LogP contribution in [0.25, 0.3) is 5.69 Å². The largest absolute Gasteiger partial charge is 0.326 e. The molecule has 1 fully saturated rings. The van der Waals surface area contributed by atoms with Crippen molar-refractivity contribution in [1.29, 1.82) is 0 Å². The Morgan fingerprint density at radius 1 is 1.27 bits per heavy atom. The number of benzene rings is 1. The van der Waals surface area contributed by atoms with Crippen molar-refractivity contribution >= 4 is 24.0 Å². The Kier molecular flexibility index (Phi) is 5.98. The number of carbonyl (C=O) groups is 1. The fourth-order valence-electron chi connectivity index (χ4n) is 2.68. The molecule has 1 aliphatic heterocycles. The normalized spacial score (nSPS) is 15.1. The van der Waals surface area contributed by atoms with Crippen molar-refractivity contribution in [2.24, 2.45) is 5.92 Å². The monoisotopic (exact) mass is 320 g/mol. The van der Waals surface area contributed by atoms with Crippen LogP contribution >= 0.6 is 12.4 Å². The maximum Gasteiger partial charge on any atom is 0.224 e. The number of nitrogens with zero attached hydrogens (tertiary/aromatic N) is 2. The highest BCUT2D eigenvalue weighted by Gasteiger charge is 2.16. The van der Waals surface area contributed by atoms with Crippen LogP contribution in [0.4, 0.5) is 5.69 Å². The second-order valence-electron chi connectivity index (χ2n) is 5.44. The topological polar surface area (TPSA) is 59.0 Å². The van der Waals surface area contributed by atoms with Gasteiger partial charge in [-0.1, -0.05) is 0 Å². The Balaban J connectivity index is 0.00000176. The first-order valence-electron chi connectivity index (χ1n) is 7.42. The van der Waals surface area contributed by atoms with E-state index in [1.54, 1.807) is 10.9 Å². The highest BCUT2D eigenvalue weighted by Crippen LogP contribution is 2.18. The van der Waals surface area contributed by atoms with E-state index in [-0.39, 0.29) is 18.3 Å². The van der Waals surface area contributed by atoms with Gasteiger partial charge in [0.15, 0.2) is 0 Å². The zero-order valence-electron chi connectivity index (χ0n) is 12.4. The molecule has 0 unspecified atom stereocenters. The fourth-order valence-corrected chi connectivity index (χ4v) is 2.68. The predicted octanol–water partition coefficient (Wildman–Crippen LogP) is 2.62. The van der Waals surface area contributed by atoms with Crippen molar-refractivity contribution in [3.63, 3.8) is 0 Å². The molecule has 1 aliphatic rings. The third-order valence-electron chi connectivity index (χ3n) is 3.85. The van der Waals surface area contributed by atoms with Crippen LogP contribution in [0, 0.1) is 5.92 Å². The minimum Gasteiger partial charge on any atom is -0.326 e. The van der Waals surface area contributed by atoms with Gasteiger partial charge in [-0.25, -0.2) is 4.68 Å². The van der Waals surface area contributed by atoms with Crippen LogP contribution < -0.4 is 10.6 Å². The summed E-state index contributed by atoms with van der Waals surface area (Å²) < 4.78 is 1.79. The van der Waals surface area contributed by atoms with Crippen LogP contribution in [-0.2, 0) is 4.79 Å². The molecule has 1 saturated heterocycles. The lowest BCUT2D eigenvalue weighted by atomic mass is 9.94. The lowest BCUT2D eigenvalue weighted by Gasteiger charge is -2.21. The van der Waals surface area contributed by atoms with E-state index in [4.69, 9.17) is 0 Å². The van der Waals surface area contributed by atoms with Crippen molar-refractivity contribution in [1.82, 2.24) is 15.1 Å².